The van der Waals surface area contributed by atoms with Crippen LogP contribution in [0.2, 0.25) is 0 Å². The van der Waals surface area contributed by atoms with Gasteiger partial charge in [0.2, 0.25) is 0 Å². The molecule has 1 rings (SSSR count). The van der Waals surface area contributed by atoms with Gasteiger partial charge in [-0.05, 0) is 20.5 Å². The molecule has 0 radical (unpaired) electrons. The van der Waals surface area contributed by atoms with Gasteiger partial charge in [0.25, 0.3) is 5.91 Å². The molecule has 1 unspecified atom stereocenters. The second kappa shape index (κ2) is 6.68. The predicted molar refractivity (Wildman–Crippen MR) is 70.2 cm³/mol. The highest BCUT2D eigenvalue weighted by Gasteiger charge is 2.12. The number of carbonyl (C=O) groups excluding carboxylic acids is 1. The van der Waals surface area contributed by atoms with Crippen molar-refractivity contribution in [2.75, 3.05) is 26.7 Å². The molecule has 0 bridgehead atoms. The highest BCUT2D eigenvalue weighted by molar-refractivity contribution is 7.09. The number of nitrogens with two attached hydrogens (primary N) is 1. The molecule has 1 amide bonds. The quantitative estimate of drug-likeness (QED) is 0.791. The van der Waals surface area contributed by atoms with Crippen LogP contribution in [-0.4, -0.2) is 42.5 Å². The second-order valence-electron chi connectivity index (χ2n) is 4.01. The lowest BCUT2D eigenvalue weighted by Crippen LogP contribution is -2.33. The number of aromatic nitrogens is 1. The zero-order valence-electron chi connectivity index (χ0n) is 10.6. The van der Waals surface area contributed by atoms with Crippen LogP contribution in [0, 0.1) is 0 Å². The molecular formula is C11H20N4OS. The van der Waals surface area contributed by atoms with E-state index in [9.17, 15) is 4.79 Å². The van der Waals surface area contributed by atoms with Gasteiger partial charge in [0.1, 0.15) is 10.7 Å². The van der Waals surface area contributed by atoms with Gasteiger partial charge in [-0.2, -0.15) is 0 Å². The molecule has 3 N–H and O–H groups in total. The summed E-state index contributed by atoms with van der Waals surface area (Å²) < 4.78 is 0. The third-order valence-corrected chi connectivity index (χ3v) is 3.51. The third-order valence-electron chi connectivity index (χ3n) is 2.46. The predicted octanol–water partition coefficient (Wildman–Crippen LogP) is 0.844. The lowest BCUT2D eigenvalue weighted by molar-refractivity contribution is 0.0945. The normalized spacial score (nSPS) is 12.8. The molecule has 17 heavy (non-hydrogen) atoms. The summed E-state index contributed by atoms with van der Waals surface area (Å²) in [6.45, 7) is 6.38. The highest BCUT2D eigenvalue weighted by atomic mass is 32.1. The van der Waals surface area contributed by atoms with E-state index in [1.807, 2.05) is 14.0 Å². The fraction of sp³-hybridized carbons (Fsp3) is 0.636. The van der Waals surface area contributed by atoms with Gasteiger partial charge in [0.05, 0.1) is 6.04 Å². The zero-order chi connectivity index (χ0) is 12.8. The number of carbonyl (C=O) groups is 1. The molecule has 1 aromatic heterocycles. The van der Waals surface area contributed by atoms with E-state index < -0.39 is 0 Å². The Morgan fingerprint density at radius 1 is 1.71 bits per heavy atom. The van der Waals surface area contributed by atoms with Crippen molar-refractivity contribution >= 4 is 17.2 Å². The van der Waals surface area contributed by atoms with Gasteiger partial charge in [0, 0.05) is 18.5 Å². The van der Waals surface area contributed by atoms with Gasteiger partial charge < -0.3 is 16.0 Å². The Labute approximate surface area is 106 Å². The number of nitrogens with one attached hydrogen (secondary N) is 1. The fourth-order valence-corrected chi connectivity index (χ4v) is 1.97. The number of nitrogens with zero attached hydrogens (tertiary/aromatic N) is 2. The summed E-state index contributed by atoms with van der Waals surface area (Å²) in [4.78, 5) is 18.1. The number of thiazole rings is 1. The summed E-state index contributed by atoms with van der Waals surface area (Å²) in [5.74, 6) is -0.127. The smallest absolute Gasteiger partial charge is 0.270 e. The number of amides is 1. The van der Waals surface area contributed by atoms with Crippen LogP contribution >= 0.6 is 11.3 Å². The van der Waals surface area contributed by atoms with E-state index in [4.69, 9.17) is 5.73 Å². The molecule has 0 spiro atoms. The van der Waals surface area contributed by atoms with E-state index >= 15 is 0 Å². The van der Waals surface area contributed by atoms with Gasteiger partial charge in [-0.3, -0.25) is 4.79 Å². The Morgan fingerprint density at radius 2 is 2.41 bits per heavy atom. The molecule has 0 aliphatic carbocycles. The molecule has 0 fully saturated rings. The van der Waals surface area contributed by atoms with E-state index in [1.54, 1.807) is 5.38 Å². The minimum atomic E-state index is -0.127. The van der Waals surface area contributed by atoms with E-state index in [0.29, 0.717) is 12.2 Å². The number of hydrogen-bond donors (Lipinski definition) is 2. The van der Waals surface area contributed by atoms with Gasteiger partial charge in [-0.1, -0.05) is 6.92 Å². The molecule has 1 aromatic rings. The first-order valence-electron chi connectivity index (χ1n) is 5.72. The van der Waals surface area contributed by atoms with Crippen molar-refractivity contribution in [2.45, 2.75) is 19.9 Å². The van der Waals surface area contributed by atoms with Crippen LogP contribution in [0.4, 0.5) is 0 Å². The monoisotopic (exact) mass is 256 g/mol. The van der Waals surface area contributed by atoms with Crippen molar-refractivity contribution in [1.82, 2.24) is 15.2 Å². The molecule has 0 saturated heterocycles. The van der Waals surface area contributed by atoms with Crippen LogP contribution in [0.15, 0.2) is 5.38 Å². The maximum absolute atomic E-state index is 11.7. The Morgan fingerprint density at radius 3 is 2.94 bits per heavy atom. The molecule has 0 saturated carbocycles. The molecule has 0 aromatic carbocycles. The Kier molecular flexibility index (Phi) is 5.54. The Hall–Kier alpha value is -0.980. The van der Waals surface area contributed by atoms with Crippen LogP contribution in [0.1, 0.15) is 35.4 Å². The number of hydrogen-bond acceptors (Lipinski definition) is 5. The van der Waals surface area contributed by atoms with Gasteiger partial charge in [0.15, 0.2) is 0 Å². The first kappa shape index (κ1) is 14.1. The first-order chi connectivity index (χ1) is 8.04. The molecule has 1 heterocycles. The zero-order valence-corrected chi connectivity index (χ0v) is 11.4. The van der Waals surface area contributed by atoms with Crippen LogP contribution < -0.4 is 11.1 Å². The average molecular weight is 256 g/mol. The minimum Gasteiger partial charge on any atom is -0.349 e. The lowest BCUT2D eigenvalue weighted by atomic mass is 10.4. The fourth-order valence-electron chi connectivity index (χ4n) is 1.21. The van der Waals surface area contributed by atoms with Gasteiger partial charge >= 0.3 is 0 Å². The summed E-state index contributed by atoms with van der Waals surface area (Å²) in [5.41, 5.74) is 6.15. The summed E-state index contributed by atoms with van der Waals surface area (Å²) in [7, 11) is 2.02. The standard InChI is InChI=1S/C11H20N4OS/c1-4-15(3)6-5-13-10(16)9-7-17-11(14-9)8(2)12/h7-8H,4-6,12H2,1-3H3,(H,13,16). The number of likely N-dealkylation sites (N-methyl/N-ethyl adjacent to an activating group) is 1. The van der Waals surface area contributed by atoms with Crippen molar-refractivity contribution in [3.05, 3.63) is 16.1 Å². The SMILES string of the molecule is CCN(C)CCNC(=O)c1csc(C(C)N)n1. The van der Waals surface area contributed by atoms with Crippen molar-refractivity contribution in [1.29, 1.82) is 0 Å². The summed E-state index contributed by atoms with van der Waals surface area (Å²) in [6.07, 6.45) is 0. The van der Waals surface area contributed by atoms with E-state index in [1.165, 1.54) is 11.3 Å². The van der Waals surface area contributed by atoms with Crippen LogP contribution in [-0.2, 0) is 0 Å². The summed E-state index contributed by atoms with van der Waals surface area (Å²) >= 11 is 1.42. The number of rotatable bonds is 6. The highest BCUT2D eigenvalue weighted by Crippen LogP contribution is 2.15. The van der Waals surface area contributed by atoms with Crippen molar-refractivity contribution in [2.24, 2.45) is 5.73 Å². The molecule has 1 atom stereocenters. The maximum Gasteiger partial charge on any atom is 0.270 e. The van der Waals surface area contributed by atoms with E-state index in [-0.39, 0.29) is 11.9 Å². The lowest BCUT2D eigenvalue weighted by Gasteiger charge is -2.13. The van der Waals surface area contributed by atoms with E-state index in [0.717, 1.165) is 18.1 Å². The molecule has 0 aliphatic rings. The minimum absolute atomic E-state index is 0.118. The molecule has 6 heteroatoms. The van der Waals surface area contributed by atoms with Gasteiger partial charge in [-0.25, -0.2) is 4.98 Å². The maximum atomic E-state index is 11.7. The molecule has 5 nitrogen and oxygen atoms in total. The Balaban J connectivity index is 2.41. The Bertz CT molecular complexity index is 364. The summed E-state index contributed by atoms with van der Waals surface area (Å²) in [6, 6.07) is -0.118. The van der Waals surface area contributed by atoms with Crippen LogP contribution in [0.5, 0.6) is 0 Å². The van der Waals surface area contributed by atoms with Crippen molar-refractivity contribution in [3.63, 3.8) is 0 Å². The van der Waals surface area contributed by atoms with Crippen molar-refractivity contribution in [3.8, 4) is 0 Å². The average Bonchev–Trinajstić information content (AvgIpc) is 2.78. The molecular weight excluding hydrogens is 236 g/mol. The van der Waals surface area contributed by atoms with Crippen LogP contribution in [0.3, 0.4) is 0 Å². The molecule has 0 aliphatic heterocycles. The second-order valence-corrected chi connectivity index (χ2v) is 4.90. The van der Waals surface area contributed by atoms with E-state index in [2.05, 4.69) is 22.1 Å². The third kappa shape index (κ3) is 4.41. The largest absolute Gasteiger partial charge is 0.349 e. The van der Waals surface area contributed by atoms with Crippen molar-refractivity contribution < 1.29 is 4.79 Å². The summed E-state index contributed by atoms with van der Waals surface area (Å²) in [5, 5.41) is 5.38. The topological polar surface area (TPSA) is 71.2 Å². The van der Waals surface area contributed by atoms with Gasteiger partial charge in [-0.15, -0.1) is 11.3 Å². The first-order valence-corrected chi connectivity index (χ1v) is 6.60. The van der Waals surface area contributed by atoms with Crippen LogP contribution in [0.25, 0.3) is 0 Å². The molecule has 96 valence electrons.